The second-order valence-corrected chi connectivity index (χ2v) is 7.03. The lowest BCUT2D eigenvalue weighted by atomic mass is 10.1. The van der Waals surface area contributed by atoms with Crippen LogP contribution in [0, 0.1) is 6.92 Å². The van der Waals surface area contributed by atoms with Crippen molar-refractivity contribution in [1.82, 2.24) is 14.4 Å². The van der Waals surface area contributed by atoms with Gasteiger partial charge in [0.2, 0.25) is 0 Å². The van der Waals surface area contributed by atoms with Crippen molar-refractivity contribution in [2.75, 3.05) is 5.32 Å². The van der Waals surface area contributed by atoms with Gasteiger partial charge in [-0.2, -0.15) is 0 Å². The van der Waals surface area contributed by atoms with Crippen LogP contribution in [0.2, 0.25) is 5.02 Å². The molecule has 0 aliphatic carbocycles. The lowest BCUT2D eigenvalue weighted by Crippen LogP contribution is -2.13. The summed E-state index contributed by atoms with van der Waals surface area (Å²) in [4.78, 5) is 21.5. The van der Waals surface area contributed by atoms with Crippen LogP contribution in [0.3, 0.4) is 0 Å². The zero-order valence-corrected chi connectivity index (χ0v) is 16.1. The predicted molar refractivity (Wildman–Crippen MR) is 112 cm³/mol. The number of nitrogens with one attached hydrogen (secondary N) is 1. The third-order valence-corrected chi connectivity index (χ3v) is 5.02. The summed E-state index contributed by atoms with van der Waals surface area (Å²) in [7, 11) is 0. The molecule has 29 heavy (non-hydrogen) atoms. The molecule has 7 heteroatoms. The van der Waals surface area contributed by atoms with E-state index in [1.54, 1.807) is 41.1 Å². The van der Waals surface area contributed by atoms with Gasteiger partial charge in [-0.05, 0) is 55.5 Å². The number of pyridine rings is 2. The van der Waals surface area contributed by atoms with Crippen molar-refractivity contribution in [2.45, 2.75) is 6.92 Å². The molecule has 0 bridgehead atoms. The second-order valence-electron chi connectivity index (χ2n) is 6.62. The quantitative estimate of drug-likeness (QED) is 0.441. The highest BCUT2D eigenvalue weighted by Crippen LogP contribution is 2.27. The standard InChI is InChI=1S/C22H15ClN4O2/c1-13-20(27-11-3-5-16(23)21(27)25-13)26-22(28)19-9-8-18(29-19)15-6-7-17-14(12-15)4-2-10-24-17/h2-12H,1H3,(H,26,28). The molecule has 0 fully saturated rings. The van der Waals surface area contributed by atoms with E-state index in [0.717, 1.165) is 16.5 Å². The maximum atomic E-state index is 12.8. The van der Waals surface area contributed by atoms with Gasteiger partial charge in [0.25, 0.3) is 5.91 Å². The first-order chi connectivity index (χ1) is 14.1. The zero-order valence-electron chi connectivity index (χ0n) is 15.4. The number of aromatic nitrogens is 3. The maximum Gasteiger partial charge on any atom is 0.292 e. The maximum absolute atomic E-state index is 12.8. The van der Waals surface area contributed by atoms with E-state index >= 15 is 0 Å². The first-order valence-electron chi connectivity index (χ1n) is 9.00. The van der Waals surface area contributed by atoms with Gasteiger partial charge in [0.15, 0.2) is 11.4 Å². The van der Waals surface area contributed by atoms with Gasteiger partial charge >= 0.3 is 0 Å². The van der Waals surface area contributed by atoms with Crippen LogP contribution in [0.4, 0.5) is 5.82 Å². The molecule has 0 atom stereocenters. The average molecular weight is 403 g/mol. The van der Waals surface area contributed by atoms with Crippen molar-refractivity contribution in [3.63, 3.8) is 0 Å². The Bertz CT molecular complexity index is 1390. The number of rotatable bonds is 3. The third kappa shape index (κ3) is 3.03. The number of aryl methyl sites for hydroxylation is 1. The number of amides is 1. The first kappa shape index (κ1) is 17.5. The molecule has 0 saturated carbocycles. The fraction of sp³-hybridized carbons (Fsp3) is 0.0455. The Kier molecular flexibility index (Phi) is 4.07. The molecule has 1 aromatic carbocycles. The minimum Gasteiger partial charge on any atom is -0.451 e. The highest BCUT2D eigenvalue weighted by molar-refractivity contribution is 6.33. The van der Waals surface area contributed by atoms with Crippen LogP contribution in [0.25, 0.3) is 27.9 Å². The number of carbonyl (C=O) groups excluding carboxylic acids is 1. The minimum atomic E-state index is -0.358. The van der Waals surface area contributed by atoms with Crippen LogP contribution < -0.4 is 5.32 Å². The molecule has 0 saturated heterocycles. The van der Waals surface area contributed by atoms with Gasteiger partial charge in [-0.3, -0.25) is 14.2 Å². The number of carbonyl (C=O) groups is 1. The highest BCUT2D eigenvalue weighted by Gasteiger charge is 2.17. The largest absolute Gasteiger partial charge is 0.451 e. The molecule has 0 spiro atoms. The number of furan rings is 1. The van der Waals surface area contributed by atoms with Gasteiger partial charge in [-0.25, -0.2) is 4.98 Å². The number of nitrogens with zero attached hydrogens (tertiary/aromatic N) is 3. The van der Waals surface area contributed by atoms with E-state index in [4.69, 9.17) is 16.0 Å². The summed E-state index contributed by atoms with van der Waals surface area (Å²) in [5, 5.41) is 4.39. The summed E-state index contributed by atoms with van der Waals surface area (Å²) in [6.07, 6.45) is 3.56. The Morgan fingerprint density at radius 1 is 1.14 bits per heavy atom. The fourth-order valence-electron chi connectivity index (χ4n) is 3.31. The molecule has 0 unspecified atom stereocenters. The van der Waals surface area contributed by atoms with E-state index in [1.807, 2.05) is 37.3 Å². The van der Waals surface area contributed by atoms with Crippen LogP contribution in [0.1, 0.15) is 16.2 Å². The molecule has 4 heterocycles. The van der Waals surface area contributed by atoms with Crippen molar-refractivity contribution >= 4 is 39.9 Å². The first-order valence-corrected chi connectivity index (χ1v) is 9.37. The fourth-order valence-corrected chi connectivity index (χ4v) is 3.52. The molecule has 0 radical (unpaired) electrons. The molecule has 0 aliphatic heterocycles. The molecule has 4 aromatic heterocycles. The summed E-state index contributed by atoms with van der Waals surface area (Å²) < 4.78 is 7.56. The summed E-state index contributed by atoms with van der Waals surface area (Å²) in [6.45, 7) is 1.82. The molecule has 0 aliphatic rings. The zero-order chi connectivity index (χ0) is 20.0. The van der Waals surface area contributed by atoms with Crippen LogP contribution in [-0.2, 0) is 0 Å². The number of fused-ring (bicyclic) bond motifs is 2. The van der Waals surface area contributed by atoms with E-state index < -0.39 is 0 Å². The Hall–Kier alpha value is -3.64. The van der Waals surface area contributed by atoms with Gasteiger partial charge in [0.05, 0.1) is 16.2 Å². The number of benzene rings is 1. The normalized spacial score (nSPS) is 11.2. The topological polar surface area (TPSA) is 72.4 Å². The molecule has 1 amide bonds. The van der Waals surface area contributed by atoms with Gasteiger partial charge in [-0.1, -0.05) is 17.7 Å². The molecule has 142 valence electrons. The van der Waals surface area contributed by atoms with Crippen LogP contribution in [0.15, 0.2) is 71.4 Å². The minimum absolute atomic E-state index is 0.211. The summed E-state index contributed by atoms with van der Waals surface area (Å²) >= 11 is 6.19. The molecular formula is C22H15ClN4O2. The Balaban J connectivity index is 1.45. The van der Waals surface area contributed by atoms with E-state index in [9.17, 15) is 4.79 Å². The predicted octanol–water partition coefficient (Wildman–Crippen LogP) is 5.36. The Morgan fingerprint density at radius 2 is 2.03 bits per heavy atom. The third-order valence-electron chi connectivity index (χ3n) is 4.73. The van der Waals surface area contributed by atoms with Gasteiger partial charge in [0.1, 0.15) is 11.6 Å². The summed E-state index contributed by atoms with van der Waals surface area (Å²) in [5.74, 6) is 1.02. The monoisotopic (exact) mass is 402 g/mol. The molecule has 5 aromatic rings. The van der Waals surface area contributed by atoms with E-state index in [2.05, 4.69) is 15.3 Å². The second kappa shape index (κ2) is 6.76. The molecule has 6 nitrogen and oxygen atoms in total. The lowest BCUT2D eigenvalue weighted by Gasteiger charge is -2.05. The van der Waals surface area contributed by atoms with Crippen LogP contribution in [0.5, 0.6) is 0 Å². The molecular weight excluding hydrogens is 388 g/mol. The van der Waals surface area contributed by atoms with Gasteiger partial charge < -0.3 is 9.73 Å². The van der Waals surface area contributed by atoms with Crippen LogP contribution >= 0.6 is 11.6 Å². The van der Waals surface area contributed by atoms with Gasteiger partial charge in [0, 0.05) is 23.3 Å². The van der Waals surface area contributed by atoms with E-state index in [-0.39, 0.29) is 11.7 Å². The van der Waals surface area contributed by atoms with E-state index in [1.165, 1.54) is 0 Å². The van der Waals surface area contributed by atoms with Crippen molar-refractivity contribution in [3.05, 3.63) is 83.5 Å². The number of halogens is 1. The summed E-state index contributed by atoms with van der Waals surface area (Å²) in [5.41, 5.74) is 3.04. The van der Waals surface area contributed by atoms with E-state index in [0.29, 0.717) is 27.9 Å². The average Bonchev–Trinajstić information content (AvgIpc) is 3.34. The van der Waals surface area contributed by atoms with Crippen molar-refractivity contribution < 1.29 is 9.21 Å². The van der Waals surface area contributed by atoms with Crippen LogP contribution in [-0.4, -0.2) is 20.3 Å². The van der Waals surface area contributed by atoms with Crippen molar-refractivity contribution in [3.8, 4) is 11.3 Å². The number of imidazole rings is 1. The van der Waals surface area contributed by atoms with Crippen molar-refractivity contribution in [2.24, 2.45) is 0 Å². The summed E-state index contributed by atoms with van der Waals surface area (Å²) in [6, 6.07) is 16.7. The lowest BCUT2D eigenvalue weighted by molar-refractivity contribution is 0.0997. The van der Waals surface area contributed by atoms with Gasteiger partial charge in [-0.15, -0.1) is 0 Å². The SMILES string of the molecule is Cc1nc2c(Cl)cccn2c1NC(=O)c1ccc(-c2ccc3ncccc3c2)o1. The Labute approximate surface area is 170 Å². The number of anilines is 1. The number of hydrogen-bond donors (Lipinski definition) is 1. The smallest absolute Gasteiger partial charge is 0.292 e. The van der Waals surface area contributed by atoms with Crippen molar-refractivity contribution in [1.29, 1.82) is 0 Å². The Morgan fingerprint density at radius 3 is 2.93 bits per heavy atom. The molecule has 1 N–H and O–H groups in total. The number of hydrogen-bond acceptors (Lipinski definition) is 4. The molecule has 5 rings (SSSR count). The highest BCUT2D eigenvalue weighted by atomic mass is 35.5.